The van der Waals surface area contributed by atoms with Crippen LogP contribution in [0.2, 0.25) is 0 Å². The standard InChI is InChI=1S/C13H21N3OS/c1-16(7-8-18-2)10-12-6-4-3-5-11(12)9-13(17)15-14/h3-6H,7-10,14H2,1-2H3,(H,15,17). The monoisotopic (exact) mass is 267 g/mol. The minimum atomic E-state index is -0.158. The molecular weight excluding hydrogens is 246 g/mol. The van der Waals surface area contributed by atoms with Crippen LogP contribution >= 0.6 is 11.8 Å². The second kappa shape index (κ2) is 8.13. The van der Waals surface area contributed by atoms with Gasteiger partial charge in [-0.25, -0.2) is 5.84 Å². The number of hydrogen-bond acceptors (Lipinski definition) is 4. The Bertz CT molecular complexity index is 384. The predicted octanol–water partition coefficient (Wildman–Crippen LogP) is 1.01. The molecule has 1 rings (SSSR count). The normalized spacial score (nSPS) is 10.7. The maximum atomic E-state index is 11.3. The molecule has 0 aromatic heterocycles. The Morgan fingerprint density at radius 3 is 2.67 bits per heavy atom. The molecule has 0 saturated carbocycles. The van der Waals surface area contributed by atoms with Crippen molar-refractivity contribution in [2.75, 3.05) is 25.6 Å². The summed E-state index contributed by atoms with van der Waals surface area (Å²) in [5.74, 6) is 6.08. The lowest BCUT2D eigenvalue weighted by atomic mass is 10.0. The van der Waals surface area contributed by atoms with Crippen LogP contribution in [0.4, 0.5) is 0 Å². The lowest BCUT2D eigenvalue weighted by Crippen LogP contribution is -2.32. The van der Waals surface area contributed by atoms with E-state index in [-0.39, 0.29) is 5.91 Å². The van der Waals surface area contributed by atoms with E-state index in [1.54, 1.807) is 0 Å². The van der Waals surface area contributed by atoms with Crippen molar-refractivity contribution in [1.82, 2.24) is 10.3 Å². The van der Waals surface area contributed by atoms with E-state index in [0.717, 1.165) is 24.4 Å². The number of hydrogen-bond donors (Lipinski definition) is 2. The molecule has 1 aromatic carbocycles. The lowest BCUT2D eigenvalue weighted by molar-refractivity contribution is -0.120. The van der Waals surface area contributed by atoms with Crippen LogP contribution in [-0.4, -0.2) is 36.4 Å². The highest BCUT2D eigenvalue weighted by molar-refractivity contribution is 7.98. The Hall–Kier alpha value is -1.04. The van der Waals surface area contributed by atoms with Crippen LogP contribution in [0, 0.1) is 0 Å². The van der Waals surface area contributed by atoms with Gasteiger partial charge < -0.3 is 4.90 Å². The average molecular weight is 267 g/mol. The van der Waals surface area contributed by atoms with Crippen molar-refractivity contribution in [1.29, 1.82) is 0 Å². The molecule has 0 bridgehead atoms. The average Bonchev–Trinajstić information content (AvgIpc) is 2.38. The molecule has 1 aromatic rings. The molecule has 0 unspecified atom stereocenters. The second-order valence-electron chi connectivity index (χ2n) is 4.24. The second-order valence-corrected chi connectivity index (χ2v) is 5.23. The molecule has 0 aliphatic heterocycles. The number of hydrazine groups is 1. The molecule has 100 valence electrons. The zero-order valence-corrected chi connectivity index (χ0v) is 11.8. The summed E-state index contributed by atoms with van der Waals surface area (Å²) < 4.78 is 0. The van der Waals surface area contributed by atoms with Crippen LogP contribution in [0.5, 0.6) is 0 Å². The highest BCUT2D eigenvalue weighted by atomic mass is 32.2. The van der Waals surface area contributed by atoms with Gasteiger partial charge in [-0.15, -0.1) is 0 Å². The van der Waals surface area contributed by atoms with E-state index in [4.69, 9.17) is 5.84 Å². The molecule has 1 amide bonds. The minimum absolute atomic E-state index is 0.158. The Kier molecular flexibility index (Phi) is 6.78. The van der Waals surface area contributed by atoms with Gasteiger partial charge in [0, 0.05) is 18.8 Å². The van der Waals surface area contributed by atoms with Crippen LogP contribution in [0.3, 0.4) is 0 Å². The van der Waals surface area contributed by atoms with Gasteiger partial charge in [-0.2, -0.15) is 11.8 Å². The van der Waals surface area contributed by atoms with Gasteiger partial charge in [0.1, 0.15) is 0 Å². The van der Waals surface area contributed by atoms with E-state index in [0.29, 0.717) is 6.42 Å². The van der Waals surface area contributed by atoms with Gasteiger partial charge in [0.25, 0.3) is 0 Å². The third-order valence-corrected chi connectivity index (χ3v) is 3.34. The van der Waals surface area contributed by atoms with Crippen LogP contribution in [0.25, 0.3) is 0 Å². The Morgan fingerprint density at radius 1 is 1.39 bits per heavy atom. The number of amides is 1. The van der Waals surface area contributed by atoms with Crippen molar-refractivity contribution in [3.63, 3.8) is 0 Å². The molecule has 18 heavy (non-hydrogen) atoms. The maximum Gasteiger partial charge on any atom is 0.238 e. The number of thioether (sulfide) groups is 1. The van der Waals surface area contributed by atoms with Crippen LogP contribution < -0.4 is 11.3 Å². The maximum absolute atomic E-state index is 11.3. The van der Waals surface area contributed by atoms with Crippen molar-refractivity contribution in [3.05, 3.63) is 35.4 Å². The highest BCUT2D eigenvalue weighted by Crippen LogP contribution is 2.12. The molecule has 0 spiro atoms. The van der Waals surface area contributed by atoms with Crippen LogP contribution in [0.1, 0.15) is 11.1 Å². The molecule has 0 fully saturated rings. The molecule has 0 saturated heterocycles. The molecule has 5 heteroatoms. The fourth-order valence-electron chi connectivity index (χ4n) is 1.73. The fourth-order valence-corrected chi connectivity index (χ4v) is 2.22. The van der Waals surface area contributed by atoms with Gasteiger partial charge in [0.05, 0.1) is 6.42 Å². The Labute approximate surface area is 113 Å². The van der Waals surface area contributed by atoms with Crippen molar-refractivity contribution in [2.45, 2.75) is 13.0 Å². The summed E-state index contributed by atoms with van der Waals surface area (Å²) in [6, 6.07) is 7.99. The Balaban J connectivity index is 2.66. The largest absolute Gasteiger partial charge is 0.301 e. The summed E-state index contributed by atoms with van der Waals surface area (Å²) in [5, 5.41) is 0. The molecule has 0 aliphatic rings. The summed E-state index contributed by atoms with van der Waals surface area (Å²) in [6.07, 6.45) is 2.44. The van der Waals surface area contributed by atoms with Gasteiger partial charge in [0.15, 0.2) is 0 Å². The van der Waals surface area contributed by atoms with Gasteiger partial charge in [0.2, 0.25) is 5.91 Å². The Morgan fingerprint density at radius 2 is 2.06 bits per heavy atom. The number of carbonyl (C=O) groups excluding carboxylic acids is 1. The molecule has 4 nitrogen and oxygen atoms in total. The number of nitrogens with zero attached hydrogens (tertiary/aromatic N) is 1. The van der Waals surface area contributed by atoms with E-state index in [1.807, 2.05) is 30.0 Å². The van der Waals surface area contributed by atoms with E-state index in [9.17, 15) is 4.79 Å². The molecule has 0 radical (unpaired) electrons. The van der Waals surface area contributed by atoms with E-state index < -0.39 is 0 Å². The zero-order valence-electron chi connectivity index (χ0n) is 11.0. The number of nitrogens with two attached hydrogens (primary N) is 1. The number of carbonyl (C=O) groups is 1. The number of benzene rings is 1. The van der Waals surface area contributed by atoms with Crippen molar-refractivity contribution in [3.8, 4) is 0 Å². The summed E-state index contributed by atoms with van der Waals surface area (Å²) in [6.45, 7) is 1.90. The molecule has 0 atom stereocenters. The first kappa shape index (κ1) is 15.0. The first-order chi connectivity index (χ1) is 8.67. The van der Waals surface area contributed by atoms with Crippen molar-refractivity contribution < 1.29 is 4.79 Å². The summed E-state index contributed by atoms with van der Waals surface area (Å²) in [7, 11) is 2.09. The van der Waals surface area contributed by atoms with Crippen molar-refractivity contribution in [2.24, 2.45) is 5.84 Å². The van der Waals surface area contributed by atoms with Gasteiger partial charge >= 0.3 is 0 Å². The van der Waals surface area contributed by atoms with Crippen molar-refractivity contribution >= 4 is 17.7 Å². The highest BCUT2D eigenvalue weighted by Gasteiger charge is 2.08. The summed E-state index contributed by atoms with van der Waals surface area (Å²) in [5.41, 5.74) is 4.40. The molecule has 0 heterocycles. The summed E-state index contributed by atoms with van der Waals surface area (Å²) in [4.78, 5) is 13.6. The SMILES string of the molecule is CSCCN(C)Cc1ccccc1CC(=O)NN. The van der Waals surface area contributed by atoms with Crippen LogP contribution in [-0.2, 0) is 17.8 Å². The number of rotatable bonds is 7. The lowest BCUT2D eigenvalue weighted by Gasteiger charge is -2.18. The summed E-state index contributed by atoms with van der Waals surface area (Å²) >= 11 is 1.84. The molecule has 3 N–H and O–H groups in total. The fraction of sp³-hybridized carbons (Fsp3) is 0.462. The number of nitrogens with one attached hydrogen (secondary N) is 1. The quantitative estimate of drug-likeness (QED) is 0.440. The van der Waals surface area contributed by atoms with E-state index in [1.165, 1.54) is 5.56 Å². The minimum Gasteiger partial charge on any atom is -0.301 e. The third-order valence-electron chi connectivity index (χ3n) is 2.75. The zero-order chi connectivity index (χ0) is 13.4. The molecule has 0 aliphatic carbocycles. The van der Waals surface area contributed by atoms with Gasteiger partial charge in [-0.1, -0.05) is 24.3 Å². The molecular formula is C13H21N3OS. The smallest absolute Gasteiger partial charge is 0.238 e. The third kappa shape index (κ3) is 5.08. The van der Waals surface area contributed by atoms with E-state index in [2.05, 4.69) is 29.7 Å². The topological polar surface area (TPSA) is 58.4 Å². The van der Waals surface area contributed by atoms with Gasteiger partial charge in [-0.3, -0.25) is 10.2 Å². The first-order valence-corrected chi connectivity index (χ1v) is 7.30. The predicted molar refractivity (Wildman–Crippen MR) is 77.2 cm³/mol. The first-order valence-electron chi connectivity index (χ1n) is 5.91. The van der Waals surface area contributed by atoms with Gasteiger partial charge in [-0.05, 0) is 24.4 Å². The van der Waals surface area contributed by atoms with E-state index >= 15 is 0 Å². The van der Waals surface area contributed by atoms with Crippen LogP contribution in [0.15, 0.2) is 24.3 Å².